The lowest BCUT2D eigenvalue weighted by molar-refractivity contribution is 0.0867. The summed E-state index contributed by atoms with van der Waals surface area (Å²) in [5, 5.41) is 12.4. The van der Waals surface area contributed by atoms with E-state index in [4.69, 9.17) is 11.6 Å². The van der Waals surface area contributed by atoms with Gasteiger partial charge in [0.25, 0.3) is 5.91 Å². The van der Waals surface area contributed by atoms with Crippen LogP contribution in [-0.4, -0.2) is 23.2 Å². The molecule has 0 spiro atoms. The molecule has 0 saturated heterocycles. The highest BCUT2D eigenvalue weighted by Crippen LogP contribution is 2.21. The molecule has 2 rings (SSSR count). The summed E-state index contributed by atoms with van der Waals surface area (Å²) in [6.07, 6.45) is 2.65. The maximum absolute atomic E-state index is 12.9. The van der Waals surface area contributed by atoms with Crippen LogP contribution in [0.3, 0.4) is 0 Å². The molecule has 3 nitrogen and oxygen atoms in total. The number of nitrogens with one attached hydrogen (secondary N) is 1. The van der Waals surface area contributed by atoms with Crippen molar-refractivity contribution in [2.45, 2.75) is 37.8 Å². The minimum absolute atomic E-state index is 0.0574. The second kappa shape index (κ2) is 5.67. The predicted octanol–water partition coefficient (Wildman–Crippen LogP) is 2.51. The molecule has 18 heavy (non-hydrogen) atoms. The predicted molar refractivity (Wildman–Crippen MR) is 67.1 cm³/mol. The van der Waals surface area contributed by atoms with E-state index in [-0.39, 0.29) is 28.6 Å². The largest absolute Gasteiger partial charge is 0.393 e. The molecule has 0 heterocycles. The van der Waals surface area contributed by atoms with Crippen molar-refractivity contribution in [3.63, 3.8) is 0 Å². The summed E-state index contributed by atoms with van der Waals surface area (Å²) in [5.41, 5.74) is 0.282. The molecular formula is C13H15ClFNO2. The van der Waals surface area contributed by atoms with Crippen molar-refractivity contribution in [1.29, 1.82) is 0 Å². The summed E-state index contributed by atoms with van der Waals surface area (Å²) < 4.78 is 12.9. The standard InChI is InChI=1S/C13H15ClFNO2/c14-12-7-8(15)1-6-11(12)13(18)16-9-2-4-10(17)5-3-9/h1,6-7,9-10,17H,2-5H2,(H,16,18). The van der Waals surface area contributed by atoms with E-state index >= 15 is 0 Å². The molecule has 0 atom stereocenters. The zero-order chi connectivity index (χ0) is 13.1. The number of carbonyl (C=O) groups is 1. The molecule has 0 unspecified atom stereocenters. The van der Waals surface area contributed by atoms with Crippen LogP contribution < -0.4 is 5.32 Å². The van der Waals surface area contributed by atoms with Crippen molar-refractivity contribution >= 4 is 17.5 Å². The fourth-order valence-electron chi connectivity index (χ4n) is 2.16. The van der Waals surface area contributed by atoms with Gasteiger partial charge in [-0.3, -0.25) is 4.79 Å². The zero-order valence-corrected chi connectivity index (χ0v) is 10.6. The van der Waals surface area contributed by atoms with Gasteiger partial charge >= 0.3 is 0 Å². The van der Waals surface area contributed by atoms with Gasteiger partial charge in [0.1, 0.15) is 5.82 Å². The fraction of sp³-hybridized carbons (Fsp3) is 0.462. The van der Waals surface area contributed by atoms with Crippen LogP contribution in [0.2, 0.25) is 5.02 Å². The van der Waals surface area contributed by atoms with Crippen molar-refractivity contribution in [2.75, 3.05) is 0 Å². The number of benzene rings is 1. The van der Waals surface area contributed by atoms with Crippen LogP contribution in [0.4, 0.5) is 4.39 Å². The molecule has 0 bridgehead atoms. The molecule has 1 aromatic carbocycles. The number of carbonyl (C=O) groups excluding carboxylic acids is 1. The summed E-state index contributed by atoms with van der Waals surface area (Å²) in [6.45, 7) is 0. The summed E-state index contributed by atoms with van der Waals surface area (Å²) in [4.78, 5) is 11.9. The van der Waals surface area contributed by atoms with Gasteiger partial charge in [0.2, 0.25) is 0 Å². The number of hydrogen-bond acceptors (Lipinski definition) is 2. The Balaban J connectivity index is 1.99. The number of halogens is 2. The second-order valence-electron chi connectivity index (χ2n) is 4.60. The van der Waals surface area contributed by atoms with Crippen LogP contribution in [0.25, 0.3) is 0 Å². The molecule has 1 aliphatic rings. The summed E-state index contributed by atoms with van der Waals surface area (Å²) in [7, 11) is 0. The van der Waals surface area contributed by atoms with Gasteiger partial charge in [-0.25, -0.2) is 4.39 Å². The highest BCUT2D eigenvalue weighted by molar-refractivity contribution is 6.33. The van der Waals surface area contributed by atoms with Gasteiger partial charge in [-0.1, -0.05) is 11.6 Å². The SMILES string of the molecule is O=C(NC1CCC(O)CC1)c1ccc(F)cc1Cl. The number of rotatable bonds is 2. The number of amides is 1. The first kappa shape index (κ1) is 13.3. The van der Waals surface area contributed by atoms with E-state index in [1.54, 1.807) is 0 Å². The minimum atomic E-state index is -0.461. The monoisotopic (exact) mass is 271 g/mol. The number of aliphatic hydroxyl groups excluding tert-OH is 1. The molecule has 1 saturated carbocycles. The van der Waals surface area contributed by atoms with Crippen molar-refractivity contribution in [1.82, 2.24) is 5.32 Å². The van der Waals surface area contributed by atoms with E-state index < -0.39 is 5.82 Å². The van der Waals surface area contributed by atoms with E-state index in [0.717, 1.165) is 18.9 Å². The van der Waals surface area contributed by atoms with Gasteiger partial charge in [0, 0.05) is 6.04 Å². The first-order valence-corrected chi connectivity index (χ1v) is 6.38. The third-order valence-electron chi connectivity index (χ3n) is 3.21. The Hall–Kier alpha value is -1.13. The fourth-order valence-corrected chi connectivity index (χ4v) is 2.41. The van der Waals surface area contributed by atoms with E-state index in [1.807, 2.05) is 0 Å². The lowest BCUT2D eigenvalue weighted by atomic mass is 9.93. The third kappa shape index (κ3) is 3.21. The Kier molecular flexibility index (Phi) is 4.19. The Bertz CT molecular complexity index is 445. The average molecular weight is 272 g/mol. The second-order valence-corrected chi connectivity index (χ2v) is 5.01. The summed E-state index contributed by atoms with van der Waals surface area (Å²) >= 11 is 5.82. The topological polar surface area (TPSA) is 49.3 Å². The molecule has 0 aromatic heterocycles. The van der Waals surface area contributed by atoms with Gasteiger partial charge in [-0.2, -0.15) is 0 Å². The van der Waals surface area contributed by atoms with E-state index in [1.165, 1.54) is 12.1 Å². The number of hydrogen-bond donors (Lipinski definition) is 2. The summed E-state index contributed by atoms with van der Waals surface area (Å²) in [6, 6.07) is 3.78. The van der Waals surface area contributed by atoms with E-state index in [9.17, 15) is 14.3 Å². The molecular weight excluding hydrogens is 257 g/mol. The molecule has 1 aromatic rings. The normalized spacial score (nSPS) is 23.7. The minimum Gasteiger partial charge on any atom is -0.393 e. The van der Waals surface area contributed by atoms with Gasteiger partial charge in [-0.05, 0) is 43.9 Å². The van der Waals surface area contributed by atoms with Gasteiger partial charge in [-0.15, -0.1) is 0 Å². The first-order chi connectivity index (χ1) is 8.56. The molecule has 1 fully saturated rings. The van der Waals surface area contributed by atoms with E-state index in [2.05, 4.69) is 5.32 Å². The molecule has 0 aliphatic heterocycles. The van der Waals surface area contributed by atoms with Crippen LogP contribution in [0.1, 0.15) is 36.0 Å². The zero-order valence-electron chi connectivity index (χ0n) is 9.83. The molecule has 0 radical (unpaired) electrons. The molecule has 1 aliphatic carbocycles. The Morgan fingerprint density at radius 3 is 2.61 bits per heavy atom. The van der Waals surface area contributed by atoms with Crippen LogP contribution in [-0.2, 0) is 0 Å². The summed E-state index contributed by atoms with van der Waals surface area (Å²) in [5.74, 6) is -0.751. The average Bonchev–Trinajstić information content (AvgIpc) is 2.32. The van der Waals surface area contributed by atoms with Crippen LogP contribution in [0.15, 0.2) is 18.2 Å². The molecule has 2 N–H and O–H groups in total. The highest BCUT2D eigenvalue weighted by Gasteiger charge is 2.22. The Morgan fingerprint density at radius 2 is 2.00 bits per heavy atom. The lowest BCUT2D eigenvalue weighted by Gasteiger charge is -2.26. The van der Waals surface area contributed by atoms with Gasteiger partial charge < -0.3 is 10.4 Å². The van der Waals surface area contributed by atoms with Crippen LogP contribution >= 0.6 is 11.6 Å². The lowest BCUT2D eigenvalue weighted by Crippen LogP contribution is -2.38. The van der Waals surface area contributed by atoms with Crippen molar-refractivity contribution < 1.29 is 14.3 Å². The third-order valence-corrected chi connectivity index (χ3v) is 3.52. The number of aliphatic hydroxyl groups is 1. The van der Waals surface area contributed by atoms with Gasteiger partial charge in [0.05, 0.1) is 16.7 Å². The van der Waals surface area contributed by atoms with Gasteiger partial charge in [0.15, 0.2) is 0 Å². The van der Waals surface area contributed by atoms with Crippen molar-refractivity contribution in [3.8, 4) is 0 Å². The molecule has 1 amide bonds. The Labute approximate surface area is 110 Å². The van der Waals surface area contributed by atoms with Crippen LogP contribution in [0.5, 0.6) is 0 Å². The van der Waals surface area contributed by atoms with Crippen molar-refractivity contribution in [3.05, 3.63) is 34.6 Å². The first-order valence-electron chi connectivity index (χ1n) is 6.00. The smallest absolute Gasteiger partial charge is 0.253 e. The Morgan fingerprint density at radius 1 is 1.33 bits per heavy atom. The van der Waals surface area contributed by atoms with Crippen molar-refractivity contribution in [2.24, 2.45) is 0 Å². The highest BCUT2D eigenvalue weighted by atomic mass is 35.5. The maximum Gasteiger partial charge on any atom is 0.253 e. The van der Waals surface area contributed by atoms with Crippen LogP contribution in [0, 0.1) is 5.82 Å². The molecule has 98 valence electrons. The quantitative estimate of drug-likeness (QED) is 0.868. The van der Waals surface area contributed by atoms with E-state index in [0.29, 0.717) is 12.8 Å². The maximum atomic E-state index is 12.9. The molecule has 5 heteroatoms.